The molecule has 1 saturated heterocycles. The lowest BCUT2D eigenvalue weighted by Crippen LogP contribution is -2.36. The highest BCUT2D eigenvalue weighted by molar-refractivity contribution is 6.31. The van der Waals surface area contributed by atoms with Crippen molar-refractivity contribution >= 4 is 40.6 Å². The molecule has 4 aromatic carbocycles. The number of rotatable bonds is 9. The van der Waals surface area contributed by atoms with Crippen molar-refractivity contribution in [3.8, 4) is 0 Å². The molecule has 4 aromatic rings. The summed E-state index contributed by atoms with van der Waals surface area (Å²) >= 11 is 6.21. The van der Waals surface area contributed by atoms with Gasteiger partial charge in [0.1, 0.15) is 0 Å². The Morgan fingerprint density at radius 2 is 1.43 bits per heavy atom. The van der Waals surface area contributed by atoms with Crippen molar-refractivity contribution in [2.45, 2.75) is 32.6 Å². The molecule has 0 saturated carbocycles. The number of amides is 3. The van der Waals surface area contributed by atoms with E-state index in [2.05, 4.69) is 63.3 Å². The summed E-state index contributed by atoms with van der Waals surface area (Å²) in [6.45, 7) is 4.19. The number of anilines is 3. The summed E-state index contributed by atoms with van der Waals surface area (Å²) in [5, 5.41) is 9.37. The van der Waals surface area contributed by atoms with E-state index in [1.54, 1.807) is 18.2 Å². The van der Waals surface area contributed by atoms with Crippen LogP contribution < -0.4 is 20.9 Å². The van der Waals surface area contributed by atoms with Crippen LogP contribution in [0.2, 0.25) is 5.02 Å². The van der Waals surface area contributed by atoms with E-state index >= 15 is 0 Å². The van der Waals surface area contributed by atoms with E-state index in [1.807, 2.05) is 43.3 Å². The second-order valence-corrected chi connectivity index (χ2v) is 11.3. The van der Waals surface area contributed by atoms with Gasteiger partial charge in [0.05, 0.1) is 5.56 Å². The normalized spacial score (nSPS) is 13.4. The van der Waals surface area contributed by atoms with Crippen LogP contribution in [0.1, 0.15) is 39.9 Å². The van der Waals surface area contributed by atoms with E-state index in [-0.39, 0.29) is 5.91 Å². The quantitative estimate of drug-likeness (QED) is 0.190. The predicted molar refractivity (Wildman–Crippen MR) is 173 cm³/mol. The summed E-state index contributed by atoms with van der Waals surface area (Å²) in [7, 11) is 0. The van der Waals surface area contributed by atoms with Crippen LogP contribution in [0.3, 0.4) is 0 Å². The lowest BCUT2D eigenvalue weighted by atomic mass is 9.89. The third-order valence-electron chi connectivity index (χ3n) is 7.79. The smallest absolute Gasteiger partial charge is 0.323 e. The number of nitrogens with one attached hydrogen (secondary N) is 3. The van der Waals surface area contributed by atoms with E-state index in [4.69, 9.17) is 11.6 Å². The van der Waals surface area contributed by atoms with Crippen LogP contribution in [-0.4, -0.2) is 31.6 Å². The number of halogens is 1. The van der Waals surface area contributed by atoms with Crippen molar-refractivity contribution in [3.05, 3.63) is 124 Å². The zero-order valence-electron chi connectivity index (χ0n) is 23.9. The summed E-state index contributed by atoms with van der Waals surface area (Å²) in [6.07, 6.45) is 3.94. The Bertz CT molecular complexity index is 1500. The van der Waals surface area contributed by atoms with Crippen molar-refractivity contribution in [1.29, 1.82) is 0 Å². The fourth-order valence-corrected chi connectivity index (χ4v) is 5.60. The molecule has 42 heavy (non-hydrogen) atoms. The van der Waals surface area contributed by atoms with Crippen LogP contribution in [0.15, 0.2) is 97.1 Å². The molecule has 1 heterocycles. The second kappa shape index (κ2) is 14.1. The van der Waals surface area contributed by atoms with Gasteiger partial charge in [-0.3, -0.25) is 4.79 Å². The van der Waals surface area contributed by atoms with Crippen LogP contribution in [-0.2, 0) is 12.8 Å². The highest BCUT2D eigenvalue weighted by Crippen LogP contribution is 2.30. The average Bonchev–Trinajstić information content (AvgIpc) is 3.00. The van der Waals surface area contributed by atoms with Gasteiger partial charge < -0.3 is 20.9 Å². The fourth-order valence-electron chi connectivity index (χ4n) is 5.42. The largest absolute Gasteiger partial charge is 0.371 e. The van der Waals surface area contributed by atoms with Gasteiger partial charge in [-0.15, -0.1) is 0 Å². The maximum Gasteiger partial charge on any atom is 0.323 e. The highest BCUT2D eigenvalue weighted by atomic mass is 35.5. The van der Waals surface area contributed by atoms with Crippen molar-refractivity contribution in [3.63, 3.8) is 0 Å². The first-order valence-electron chi connectivity index (χ1n) is 14.5. The topological polar surface area (TPSA) is 73.5 Å². The maximum atomic E-state index is 13.5. The molecule has 1 aliphatic rings. The molecule has 3 amide bonds. The number of benzene rings is 4. The molecule has 5 rings (SSSR count). The minimum atomic E-state index is -0.403. The van der Waals surface area contributed by atoms with Crippen LogP contribution in [0.5, 0.6) is 0 Å². The number of carbonyl (C=O) groups is 2. The number of hydrogen-bond acceptors (Lipinski definition) is 3. The molecule has 0 radical (unpaired) electrons. The third kappa shape index (κ3) is 7.92. The van der Waals surface area contributed by atoms with Gasteiger partial charge >= 0.3 is 6.03 Å². The lowest BCUT2D eigenvalue weighted by molar-refractivity contribution is 0.0954. The standard InChI is InChI=1S/C35H37ClN4O2/c1-25-12-13-30(24-32(25)36)39-35(42)38-29-14-15-33(31(23-29)34(41)37-19-16-26-8-4-2-5-9-26)40-20-17-28(18-21-40)22-27-10-6-3-7-11-27/h2-15,23-24,28H,16-22H2,1H3,(H,37,41)(H2,38,39,42). The molecule has 0 atom stereocenters. The number of urea groups is 1. The Morgan fingerprint density at radius 3 is 2.10 bits per heavy atom. The first kappa shape index (κ1) is 29.2. The molecular weight excluding hydrogens is 544 g/mol. The van der Waals surface area contributed by atoms with E-state index in [0.29, 0.717) is 34.4 Å². The SMILES string of the molecule is Cc1ccc(NC(=O)Nc2ccc(N3CCC(Cc4ccccc4)CC3)c(C(=O)NCCc3ccccc3)c2)cc1Cl. The number of hydrogen-bond donors (Lipinski definition) is 3. The van der Waals surface area contributed by atoms with E-state index in [0.717, 1.165) is 50.0 Å². The van der Waals surface area contributed by atoms with Crippen molar-refractivity contribution in [2.24, 2.45) is 5.92 Å². The molecule has 0 spiro atoms. The van der Waals surface area contributed by atoms with E-state index < -0.39 is 6.03 Å². The number of aryl methyl sites for hydroxylation is 1. The number of piperidine rings is 1. The van der Waals surface area contributed by atoms with E-state index in [9.17, 15) is 9.59 Å². The van der Waals surface area contributed by atoms with Gasteiger partial charge in [0.25, 0.3) is 5.91 Å². The zero-order chi connectivity index (χ0) is 29.3. The van der Waals surface area contributed by atoms with Gasteiger partial charge in [0.2, 0.25) is 0 Å². The number of nitrogens with zero attached hydrogens (tertiary/aromatic N) is 1. The summed E-state index contributed by atoms with van der Waals surface area (Å²) in [4.78, 5) is 28.6. The Morgan fingerprint density at radius 1 is 0.810 bits per heavy atom. The van der Waals surface area contributed by atoms with Gasteiger partial charge in [-0.2, -0.15) is 0 Å². The Labute approximate surface area is 253 Å². The molecule has 0 unspecified atom stereocenters. The van der Waals surface area contributed by atoms with E-state index in [1.165, 1.54) is 11.1 Å². The first-order chi connectivity index (χ1) is 20.4. The molecule has 1 fully saturated rings. The van der Waals surface area contributed by atoms with Crippen LogP contribution in [0.4, 0.5) is 21.9 Å². The molecule has 0 aliphatic carbocycles. The molecule has 3 N–H and O–H groups in total. The highest BCUT2D eigenvalue weighted by Gasteiger charge is 2.24. The minimum Gasteiger partial charge on any atom is -0.371 e. The minimum absolute atomic E-state index is 0.151. The fraction of sp³-hybridized carbons (Fsp3) is 0.257. The van der Waals surface area contributed by atoms with Crippen LogP contribution in [0, 0.1) is 12.8 Å². The van der Waals surface area contributed by atoms with Gasteiger partial charge in [0.15, 0.2) is 0 Å². The summed E-state index contributed by atoms with van der Waals surface area (Å²) in [5.74, 6) is 0.466. The third-order valence-corrected chi connectivity index (χ3v) is 8.20. The van der Waals surface area contributed by atoms with Crippen LogP contribution in [0.25, 0.3) is 0 Å². The van der Waals surface area contributed by atoms with Crippen LogP contribution >= 0.6 is 11.6 Å². The van der Waals surface area contributed by atoms with Gasteiger partial charge in [0, 0.05) is 41.7 Å². The predicted octanol–water partition coefficient (Wildman–Crippen LogP) is 7.72. The summed E-state index contributed by atoms with van der Waals surface area (Å²) < 4.78 is 0. The Hall–Kier alpha value is -4.29. The molecule has 7 heteroatoms. The van der Waals surface area contributed by atoms with Gasteiger partial charge in [-0.25, -0.2) is 4.79 Å². The zero-order valence-corrected chi connectivity index (χ0v) is 24.7. The van der Waals surface area contributed by atoms with Gasteiger partial charge in [-0.05, 0) is 85.5 Å². The van der Waals surface area contributed by atoms with Gasteiger partial charge in [-0.1, -0.05) is 78.3 Å². The number of carbonyl (C=O) groups excluding carboxylic acids is 2. The first-order valence-corrected chi connectivity index (χ1v) is 14.9. The molecule has 0 aromatic heterocycles. The van der Waals surface area contributed by atoms with Crippen molar-refractivity contribution in [2.75, 3.05) is 35.2 Å². The lowest BCUT2D eigenvalue weighted by Gasteiger charge is -2.35. The summed E-state index contributed by atoms with van der Waals surface area (Å²) in [6, 6.07) is 31.3. The molecule has 1 aliphatic heterocycles. The average molecular weight is 581 g/mol. The molecule has 6 nitrogen and oxygen atoms in total. The monoisotopic (exact) mass is 580 g/mol. The molecular formula is C35H37ClN4O2. The Kier molecular flexibility index (Phi) is 9.78. The van der Waals surface area contributed by atoms with Crippen molar-refractivity contribution in [1.82, 2.24) is 5.32 Å². The second-order valence-electron chi connectivity index (χ2n) is 10.9. The molecule has 0 bridgehead atoms. The Balaban J connectivity index is 1.28. The maximum absolute atomic E-state index is 13.5. The van der Waals surface area contributed by atoms with Crippen molar-refractivity contribution < 1.29 is 9.59 Å². The summed E-state index contributed by atoms with van der Waals surface area (Å²) in [5.41, 5.74) is 6.06. The molecule has 216 valence electrons.